The summed E-state index contributed by atoms with van der Waals surface area (Å²) in [7, 11) is 0. The van der Waals surface area contributed by atoms with E-state index in [0.29, 0.717) is 0 Å². The van der Waals surface area contributed by atoms with Gasteiger partial charge in [-0.1, -0.05) is 0 Å². The minimum atomic E-state index is -0.437. The molecule has 0 aromatic heterocycles. The summed E-state index contributed by atoms with van der Waals surface area (Å²) in [5.41, 5.74) is 8.37. The third-order valence-corrected chi connectivity index (χ3v) is 2.73. The summed E-state index contributed by atoms with van der Waals surface area (Å²) in [6.45, 7) is 0. The van der Waals surface area contributed by atoms with Crippen LogP contribution in [-0.2, 0) is 0 Å². The van der Waals surface area contributed by atoms with Crippen LogP contribution in [0.15, 0.2) is 89.0 Å². The van der Waals surface area contributed by atoms with Gasteiger partial charge in [0.1, 0.15) is 0 Å². The molecule has 3 aliphatic carbocycles. The molecule has 0 heterocycles. The molecular weight excluding hydrogens is 601 g/mol. The molecule has 0 aromatic carbocycles. The maximum Gasteiger partial charge on any atom is 2.00 e. The largest absolute Gasteiger partial charge is 2.00 e. The first-order chi connectivity index (χ1) is 12.9. The fourth-order valence-corrected chi connectivity index (χ4v) is 1.50. The van der Waals surface area contributed by atoms with Gasteiger partial charge >= 0.3 is 26.2 Å². The monoisotopic (exact) mass is 613 g/mol. The van der Waals surface area contributed by atoms with Gasteiger partial charge in [0.2, 0.25) is 0 Å². The molecule has 0 spiro atoms. The van der Waals surface area contributed by atoms with Crippen molar-refractivity contribution in [3.63, 3.8) is 0 Å². The second kappa shape index (κ2) is 17.8. The van der Waals surface area contributed by atoms with Crippen molar-refractivity contribution < 1.29 is 24.2 Å². The smallest absolute Gasteiger partial charge is 1.00 e. The summed E-state index contributed by atoms with van der Waals surface area (Å²) in [5, 5.41) is 30.0. The Hall–Kier alpha value is -3.28. The van der Waals surface area contributed by atoms with Crippen molar-refractivity contribution in [1.29, 1.82) is 0 Å². The normalized spacial score (nSPS) is 13.8. The SMILES string of the molecule is O=[N+]([O-])C1=CC=C=C[CH]1.O=[N+]([O-])C1=CC=C=C[CH]1.O=[N+]([O-])C1=CC=C=C[CH]1.[Bi+2].[F-].[F-]. The fourth-order valence-electron chi connectivity index (χ4n) is 1.50. The molecule has 0 saturated heterocycles. The number of halogens is 2. The van der Waals surface area contributed by atoms with E-state index in [4.69, 9.17) is 0 Å². The van der Waals surface area contributed by atoms with Crippen molar-refractivity contribution in [2.45, 2.75) is 0 Å². The molecule has 0 bridgehead atoms. The fraction of sp³-hybridized carbons (Fsp3) is 0. The molecule has 154 valence electrons. The first-order valence-electron chi connectivity index (χ1n) is 7.23. The minimum Gasteiger partial charge on any atom is -1.00 e. The van der Waals surface area contributed by atoms with Crippen molar-refractivity contribution in [3.8, 4) is 0 Å². The van der Waals surface area contributed by atoms with Crippen molar-refractivity contribution in [3.05, 3.63) is 139 Å². The van der Waals surface area contributed by atoms with Crippen LogP contribution >= 0.6 is 0 Å². The van der Waals surface area contributed by atoms with Crippen molar-refractivity contribution >= 4 is 26.2 Å². The molecule has 3 aliphatic rings. The maximum absolute atomic E-state index is 9.99. The molecule has 0 fully saturated rings. The molecule has 3 rings (SSSR count). The molecule has 0 unspecified atom stereocenters. The summed E-state index contributed by atoms with van der Waals surface area (Å²) in [6.07, 6.45) is 17.5. The van der Waals surface area contributed by atoms with Crippen LogP contribution in [0.1, 0.15) is 0 Å². The van der Waals surface area contributed by atoms with E-state index in [1.165, 1.54) is 73.9 Å². The van der Waals surface area contributed by atoms with Gasteiger partial charge in [0.25, 0.3) is 17.1 Å². The number of allylic oxidation sites excluding steroid dienone is 6. The summed E-state index contributed by atoms with van der Waals surface area (Å²) < 4.78 is 0. The molecule has 0 atom stereocenters. The molecule has 30 heavy (non-hydrogen) atoms. The number of rotatable bonds is 3. The zero-order valence-electron chi connectivity index (χ0n) is 14.9. The molecule has 0 aromatic rings. The molecule has 9 nitrogen and oxygen atoms in total. The Morgan fingerprint density at radius 3 is 0.867 bits per heavy atom. The summed E-state index contributed by atoms with van der Waals surface area (Å²) >= 11 is 0. The van der Waals surface area contributed by atoms with Gasteiger partial charge in [0, 0.05) is 18.2 Å². The zero-order valence-corrected chi connectivity index (χ0v) is 18.4. The number of nitro groups is 3. The van der Waals surface area contributed by atoms with Gasteiger partial charge in [-0.3, -0.25) is 30.3 Å². The van der Waals surface area contributed by atoms with E-state index in [-0.39, 0.29) is 52.7 Å². The maximum atomic E-state index is 9.99. The number of hydrogen-bond donors (Lipinski definition) is 0. The third kappa shape index (κ3) is 13.0. The summed E-state index contributed by atoms with van der Waals surface area (Å²) in [5.74, 6) is 0. The second-order valence-corrected chi connectivity index (χ2v) is 4.55. The first-order valence-corrected chi connectivity index (χ1v) is 7.23. The number of nitrogens with zero attached hydrogens (tertiary/aromatic N) is 3. The van der Waals surface area contributed by atoms with E-state index in [1.54, 1.807) is 0 Å². The van der Waals surface area contributed by atoms with Crippen LogP contribution in [0.5, 0.6) is 0 Å². The van der Waals surface area contributed by atoms with E-state index in [2.05, 4.69) is 17.2 Å². The Morgan fingerprint density at radius 1 is 0.533 bits per heavy atom. The van der Waals surface area contributed by atoms with Crippen molar-refractivity contribution in [2.24, 2.45) is 0 Å². The Kier molecular flexibility index (Phi) is 18.6. The number of hydrogen-bond acceptors (Lipinski definition) is 6. The topological polar surface area (TPSA) is 129 Å². The van der Waals surface area contributed by atoms with Crippen molar-refractivity contribution in [1.82, 2.24) is 0 Å². The molecule has 0 saturated carbocycles. The van der Waals surface area contributed by atoms with Crippen molar-refractivity contribution in [2.75, 3.05) is 0 Å². The molecule has 0 amide bonds. The van der Waals surface area contributed by atoms with Gasteiger partial charge < -0.3 is 9.41 Å². The second-order valence-electron chi connectivity index (χ2n) is 4.55. The van der Waals surface area contributed by atoms with Crippen LogP contribution in [-0.4, -0.2) is 41.0 Å². The van der Waals surface area contributed by atoms with Crippen LogP contribution in [0.3, 0.4) is 0 Å². The molecule has 0 aliphatic heterocycles. The predicted molar refractivity (Wildman–Crippen MR) is 102 cm³/mol. The van der Waals surface area contributed by atoms with Gasteiger partial charge in [-0.05, 0) is 36.5 Å². The molecule has 0 N–H and O–H groups in total. The van der Waals surface area contributed by atoms with Gasteiger partial charge in [-0.2, -0.15) is 0 Å². The third-order valence-electron chi connectivity index (χ3n) is 2.73. The first kappa shape index (κ1) is 31.4. The Morgan fingerprint density at radius 2 is 0.767 bits per heavy atom. The summed E-state index contributed by atoms with van der Waals surface area (Å²) in [4.78, 5) is 28.7. The van der Waals surface area contributed by atoms with E-state index >= 15 is 0 Å². The summed E-state index contributed by atoms with van der Waals surface area (Å²) in [6, 6.07) is 0. The van der Waals surface area contributed by atoms with Gasteiger partial charge in [0.15, 0.2) is 0 Å². The Labute approximate surface area is 188 Å². The minimum absolute atomic E-state index is 0. The van der Waals surface area contributed by atoms with E-state index in [0.717, 1.165) is 0 Å². The van der Waals surface area contributed by atoms with Crippen LogP contribution in [0.25, 0.3) is 0 Å². The van der Waals surface area contributed by atoms with Crippen LogP contribution < -0.4 is 9.41 Å². The standard InChI is InChI=1S/3C6H4NO2.Bi.2FH/c3*8-7(9)6-4-2-1-3-5-6;;;/h3*2-5H;;2*1H/q;;;+2;;/p-2. The van der Waals surface area contributed by atoms with Crippen LogP contribution in [0, 0.1) is 49.6 Å². The van der Waals surface area contributed by atoms with Gasteiger partial charge in [-0.15, -0.1) is 17.2 Å². The van der Waals surface area contributed by atoms with E-state index in [1.807, 2.05) is 0 Å². The zero-order chi connectivity index (χ0) is 20.1. The van der Waals surface area contributed by atoms with Crippen LogP contribution in [0.4, 0.5) is 0 Å². The predicted octanol–water partition coefficient (Wildman–Crippen LogP) is -3.14. The Bertz CT molecular complexity index is 799. The van der Waals surface area contributed by atoms with E-state index < -0.39 is 14.8 Å². The quantitative estimate of drug-likeness (QED) is 0.143. The Balaban J connectivity index is -0.000000347. The average molecular weight is 613 g/mol. The average Bonchev–Trinajstić information content (AvgIpc) is 2.71. The van der Waals surface area contributed by atoms with E-state index in [9.17, 15) is 30.3 Å². The molecule has 12 heteroatoms. The van der Waals surface area contributed by atoms with Gasteiger partial charge in [0.05, 0.1) is 34.0 Å². The van der Waals surface area contributed by atoms with Gasteiger partial charge in [-0.25, -0.2) is 0 Å². The molecular formula is C18H12BiF2N3O6. The molecule has 6 radical (unpaired) electrons. The van der Waals surface area contributed by atoms with Crippen LogP contribution in [0.2, 0.25) is 0 Å².